The summed E-state index contributed by atoms with van der Waals surface area (Å²) >= 11 is 0. The zero-order valence-corrected chi connectivity index (χ0v) is 33.1. The van der Waals surface area contributed by atoms with Crippen molar-refractivity contribution in [3.05, 3.63) is 133 Å². The first-order valence-corrected chi connectivity index (χ1v) is 17.7. The number of carbonyl (C=O) groups excluding carboxylic acids is 2. The number of amides is 1. The SMILES string of the molecule is Cl.Cl.Cl.Cl.O=C(Cc1cccnc1)C1CCC[C@H]1c1ncc(-c2cccc(Oc3ccc(-c4cnc([C@@H]5CCCN5C(=O)Cc5cccnc5)[nH]4)cc3)c2)[nH]1. The predicted molar refractivity (Wildman–Crippen MR) is 222 cm³/mol. The van der Waals surface area contributed by atoms with Gasteiger partial charge in [-0.2, -0.15) is 0 Å². The number of imidazole rings is 2. The molecule has 55 heavy (non-hydrogen) atoms. The van der Waals surface area contributed by atoms with Crippen LogP contribution in [0.5, 0.6) is 11.5 Å². The number of Topliss-reactive ketones (excluding diaryl/α,β-unsaturated/α-hetero) is 1. The highest BCUT2D eigenvalue weighted by atomic mass is 35.5. The molecule has 1 aliphatic carbocycles. The Morgan fingerprint density at radius 2 is 1.35 bits per heavy atom. The normalized spacial score (nSPS) is 17.2. The number of rotatable bonds is 11. The molecular formula is C41H43Cl4N7O3. The molecule has 288 valence electrons. The van der Waals surface area contributed by atoms with Gasteiger partial charge in [0.05, 0.1) is 36.2 Å². The molecule has 2 N–H and O–H groups in total. The van der Waals surface area contributed by atoms with Gasteiger partial charge in [-0.1, -0.05) is 30.7 Å². The lowest BCUT2D eigenvalue weighted by Gasteiger charge is -2.23. The summed E-state index contributed by atoms with van der Waals surface area (Å²) in [7, 11) is 0. The Balaban J connectivity index is 0.00000168. The number of aromatic amines is 2. The minimum Gasteiger partial charge on any atom is -0.457 e. The molecule has 1 saturated carbocycles. The number of hydrogen-bond donors (Lipinski definition) is 2. The van der Waals surface area contributed by atoms with Crippen molar-refractivity contribution in [2.24, 2.45) is 5.92 Å². The average molecular weight is 824 g/mol. The molecular weight excluding hydrogens is 780 g/mol. The van der Waals surface area contributed by atoms with E-state index in [1.807, 2.05) is 90.1 Å². The number of likely N-dealkylation sites (tertiary alicyclic amines) is 1. The van der Waals surface area contributed by atoms with Gasteiger partial charge >= 0.3 is 0 Å². The number of ketones is 1. The third kappa shape index (κ3) is 9.93. The van der Waals surface area contributed by atoms with Crippen molar-refractivity contribution in [1.82, 2.24) is 34.8 Å². The van der Waals surface area contributed by atoms with Crippen molar-refractivity contribution in [3.63, 3.8) is 0 Å². The number of benzene rings is 2. The van der Waals surface area contributed by atoms with Crippen LogP contribution >= 0.6 is 49.6 Å². The Morgan fingerprint density at radius 3 is 2.05 bits per heavy atom. The van der Waals surface area contributed by atoms with Gasteiger partial charge in [0.25, 0.3) is 0 Å². The van der Waals surface area contributed by atoms with Gasteiger partial charge < -0.3 is 19.6 Å². The van der Waals surface area contributed by atoms with Crippen LogP contribution in [0.3, 0.4) is 0 Å². The van der Waals surface area contributed by atoms with Gasteiger partial charge in [-0.3, -0.25) is 19.6 Å². The molecule has 1 unspecified atom stereocenters. The summed E-state index contributed by atoms with van der Waals surface area (Å²) in [5.74, 6) is 3.49. The van der Waals surface area contributed by atoms with Gasteiger partial charge in [-0.05, 0) is 90.9 Å². The quantitative estimate of drug-likeness (QED) is 0.133. The number of aromatic nitrogens is 6. The third-order valence-corrected chi connectivity index (χ3v) is 10.1. The summed E-state index contributed by atoms with van der Waals surface area (Å²) in [5, 5.41) is 0. The van der Waals surface area contributed by atoms with E-state index in [1.54, 1.807) is 24.8 Å². The van der Waals surface area contributed by atoms with Crippen LogP contribution < -0.4 is 4.74 Å². The molecule has 2 aromatic carbocycles. The Kier molecular flexibility index (Phi) is 15.4. The molecule has 0 radical (unpaired) electrons. The van der Waals surface area contributed by atoms with E-state index in [2.05, 4.69) is 24.9 Å². The number of halogens is 4. The fourth-order valence-corrected chi connectivity index (χ4v) is 7.53. The van der Waals surface area contributed by atoms with Crippen molar-refractivity contribution in [3.8, 4) is 34.0 Å². The minimum absolute atomic E-state index is 0. The topological polar surface area (TPSA) is 130 Å². The number of nitrogens with one attached hydrogen (secondary N) is 2. The largest absolute Gasteiger partial charge is 0.457 e. The van der Waals surface area contributed by atoms with Gasteiger partial charge in [0.1, 0.15) is 28.9 Å². The van der Waals surface area contributed by atoms with Crippen molar-refractivity contribution in [1.29, 1.82) is 0 Å². The van der Waals surface area contributed by atoms with Crippen molar-refractivity contribution >= 4 is 61.3 Å². The minimum atomic E-state index is -0.0664. The summed E-state index contributed by atoms with van der Waals surface area (Å²) in [6, 6.07) is 23.4. The fourth-order valence-electron chi connectivity index (χ4n) is 7.53. The predicted octanol–water partition coefficient (Wildman–Crippen LogP) is 9.34. The van der Waals surface area contributed by atoms with E-state index in [0.29, 0.717) is 24.3 Å². The summed E-state index contributed by atoms with van der Waals surface area (Å²) in [4.78, 5) is 53.0. The summed E-state index contributed by atoms with van der Waals surface area (Å²) in [6.07, 6.45) is 16.1. The standard InChI is InChI=1S/C41H39N7O3.4ClH/c49-38(20-27-6-3-17-42-23-27)33-10-2-11-34(33)40-44-26-36(46-40)30-8-1-9-32(22-30)51-31-15-13-29(14-16-31)35-25-45-41(47-35)37-12-5-19-48(37)39(50)21-28-7-4-18-43-24-28;;;;/h1,3-4,6-9,13-18,22-26,33-34,37H,2,5,10-12,19-21H2,(H,44,46)(H,45,47);4*1H/t33?,34-,37+;;;;/m1..../s1. The first kappa shape index (κ1) is 43.0. The Hall–Kier alpha value is -4.74. The van der Waals surface area contributed by atoms with Crippen LogP contribution in [0.25, 0.3) is 22.5 Å². The molecule has 5 heterocycles. The maximum Gasteiger partial charge on any atom is 0.227 e. The van der Waals surface area contributed by atoms with Crippen LogP contribution in [-0.2, 0) is 22.4 Å². The molecule has 3 atom stereocenters. The smallest absolute Gasteiger partial charge is 0.227 e. The molecule has 2 fully saturated rings. The lowest BCUT2D eigenvalue weighted by Crippen LogP contribution is -2.32. The Bertz CT molecular complexity index is 2130. The highest BCUT2D eigenvalue weighted by Gasteiger charge is 2.36. The number of ether oxygens (including phenoxy) is 1. The number of nitrogens with zero attached hydrogens (tertiary/aromatic N) is 5. The Labute approximate surface area is 345 Å². The summed E-state index contributed by atoms with van der Waals surface area (Å²) in [5.41, 5.74) is 5.60. The van der Waals surface area contributed by atoms with Crippen LogP contribution in [0.15, 0.2) is 110 Å². The van der Waals surface area contributed by atoms with Crippen LogP contribution in [0.1, 0.15) is 66.8 Å². The molecule has 1 aliphatic heterocycles. The van der Waals surface area contributed by atoms with Gasteiger partial charge in [0, 0.05) is 55.2 Å². The lowest BCUT2D eigenvalue weighted by molar-refractivity contribution is -0.131. The monoisotopic (exact) mass is 821 g/mol. The molecule has 0 spiro atoms. The first-order valence-electron chi connectivity index (χ1n) is 17.7. The van der Waals surface area contributed by atoms with Crippen LogP contribution in [-0.4, -0.2) is 53.0 Å². The van der Waals surface area contributed by atoms with Crippen molar-refractivity contribution in [2.45, 2.75) is 56.9 Å². The summed E-state index contributed by atoms with van der Waals surface area (Å²) < 4.78 is 6.26. The van der Waals surface area contributed by atoms with Gasteiger partial charge in [-0.25, -0.2) is 9.97 Å². The zero-order valence-electron chi connectivity index (χ0n) is 29.9. The zero-order chi connectivity index (χ0) is 34.6. The number of H-pyrrole nitrogens is 2. The number of pyridine rings is 2. The Morgan fingerprint density at radius 1 is 0.673 bits per heavy atom. The number of hydrogen-bond acceptors (Lipinski definition) is 7. The van der Waals surface area contributed by atoms with Gasteiger partial charge in [0.15, 0.2) is 0 Å². The van der Waals surface area contributed by atoms with E-state index in [-0.39, 0.29) is 79.2 Å². The van der Waals surface area contributed by atoms with Gasteiger partial charge in [-0.15, -0.1) is 49.6 Å². The maximum atomic E-state index is 13.2. The highest BCUT2D eigenvalue weighted by Crippen LogP contribution is 2.40. The molecule has 1 saturated heterocycles. The highest BCUT2D eigenvalue weighted by molar-refractivity contribution is 5.86. The fraction of sp³-hybridized carbons (Fsp3) is 0.268. The van der Waals surface area contributed by atoms with Crippen molar-refractivity contribution in [2.75, 3.05) is 6.54 Å². The molecule has 4 aromatic heterocycles. The van der Waals surface area contributed by atoms with Crippen LogP contribution in [0.4, 0.5) is 0 Å². The number of carbonyl (C=O) groups is 2. The molecule has 6 aromatic rings. The van der Waals surface area contributed by atoms with E-state index >= 15 is 0 Å². The van der Waals surface area contributed by atoms with Crippen molar-refractivity contribution < 1.29 is 14.3 Å². The second kappa shape index (κ2) is 19.7. The van der Waals surface area contributed by atoms with E-state index in [9.17, 15) is 9.59 Å². The van der Waals surface area contributed by atoms with E-state index in [1.165, 1.54) is 0 Å². The third-order valence-electron chi connectivity index (χ3n) is 10.1. The molecule has 1 amide bonds. The first-order chi connectivity index (χ1) is 25.1. The van der Waals surface area contributed by atoms with Gasteiger partial charge in [0.2, 0.25) is 5.91 Å². The van der Waals surface area contributed by atoms with E-state index in [0.717, 1.165) is 83.9 Å². The lowest BCUT2D eigenvalue weighted by atomic mass is 9.88. The van der Waals surface area contributed by atoms with Crippen LogP contribution in [0, 0.1) is 5.92 Å². The maximum absolute atomic E-state index is 13.2. The molecule has 10 nitrogen and oxygen atoms in total. The second-order valence-corrected chi connectivity index (χ2v) is 13.4. The molecule has 14 heteroatoms. The molecule has 8 rings (SSSR count). The molecule has 2 aliphatic rings. The van der Waals surface area contributed by atoms with Crippen LogP contribution in [0.2, 0.25) is 0 Å². The second-order valence-electron chi connectivity index (χ2n) is 13.4. The molecule has 0 bridgehead atoms. The summed E-state index contributed by atoms with van der Waals surface area (Å²) in [6.45, 7) is 0.726. The van der Waals surface area contributed by atoms with E-state index < -0.39 is 0 Å². The van der Waals surface area contributed by atoms with E-state index in [4.69, 9.17) is 9.72 Å². The average Bonchev–Trinajstić information content (AvgIpc) is 3.99.